The van der Waals surface area contributed by atoms with E-state index in [0.29, 0.717) is 0 Å². The molecule has 0 bridgehead atoms. The molecule has 0 aromatic heterocycles. The Kier molecular flexibility index (Phi) is 3.33. The number of ether oxygens (including phenoxy) is 1. The minimum Gasteiger partial charge on any atom is -0.374 e. The molecular weight excluding hydrogens is 148 g/mol. The van der Waals surface area contributed by atoms with Gasteiger partial charge in [-0.3, -0.25) is 0 Å². The first kappa shape index (κ1) is 9.79. The maximum absolute atomic E-state index is 5.58. The molecule has 1 rings (SSSR count). The maximum atomic E-state index is 5.58. The molecule has 0 aromatic carbocycles. The first-order chi connectivity index (χ1) is 5.72. The minimum atomic E-state index is 0.0707. The van der Waals surface area contributed by atoms with Crippen LogP contribution in [0.1, 0.15) is 39.5 Å². The van der Waals surface area contributed by atoms with E-state index in [-0.39, 0.29) is 5.60 Å². The molecular formula is C11H20O. The van der Waals surface area contributed by atoms with Crippen molar-refractivity contribution in [1.29, 1.82) is 0 Å². The summed E-state index contributed by atoms with van der Waals surface area (Å²) in [5.74, 6) is 0.888. The van der Waals surface area contributed by atoms with Gasteiger partial charge in [0.15, 0.2) is 0 Å². The summed E-state index contributed by atoms with van der Waals surface area (Å²) >= 11 is 0. The van der Waals surface area contributed by atoms with Gasteiger partial charge in [0.05, 0.1) is 5.60 Å². The van der Waals surface area contributed by atoms with E-state index in [1.165, 1.54) is 25.7 Å². The highest BCUT2D eigenvalue weighted by Crippen LogP contribution is 2.35. The van der Waals surface area contributed by atoms with E-state index in [4.69, 9.17) is 4.74 Å². The van der Waals surface area contributed by atoms with Gasteiger partial charge in [-0.2, -0.15) is 0 Å². The second kappa shape index (κ2) is 4.08. The van der Waals surface area contributed by atoms with Crippen molar-refractivity contribution in [2.75, 3.05) is 7.11 Å². The number of rotatable bonds is 2. The van der Waals surface area contributed by atoms with Crippen LogP contribution >= 0.6 is 0 Å². The zero-order valence-electron chi connectivity index (χ0n) is 8.47. The van der Waals surface area contributed by atoms with Crippen molar-refractivity contribution < 1.29 is 4.74 Å². The van der Waals surface area contributed by atoms with Crippen LogP contribution in [-0.4, -0.2) is 12.7 Å². The summed E-state index contributed by atoms with van der Waals surface area (Å²) in [5, 5.41) is 0. The molecule has 70 valence electrons. The molecule has 0 aliphatic heterocycles. The van der Waals surface area contributed by atoms with Crippen LogP contribution < -0.4 is 0 Å². The van der Waals surface area contributed by atoms with E-state index in [0.717, 1.165) is 5.92 Å². The third-order valence-electron chi connectivity index (χ3n) is 3.00. The molecule has 1 aliphatic rings. The van der Waals surface area contributed by atoms with Gasteiger partial charge in [-0.1, -0.05) is 19.1 Å². The highest BCUT2D eigenvalue weighted by molar-refractivity contribution is 5.03. The summed E-state index contributed by atoms with van der Waals surface area (Å²) in [6, 6.07) is 0. The van der Waals surface area contributed by atoms with Crippen molar-refractivity contribution in [1.82, 2.24) is 0 Å². The Morgan fingerprint density at radius 3 is 2.33 bits per heavy atom. The topological polar surface area (TPSA) is 9.23 Å². The summed E-state index contributed by atoms with van der Waals surface area (Å²) in [7, 11) is 1.83. The van der Waals surface area contributed by atoms with Gasteiger partial charge in [-0.05, 0) is 38.5 Å². The Labute approximate surface area is 75.8 Å². The lowest BCUT2D eigenvalue weighted by Gasteiger charge is -2.35. The van der Waals surface area contributed by atoms with Crippen LogP contribution in [0.5, 0.6) is 0 Å². The summed E-state index contributed by atoms with van der Waals surface area (Å²) < 4.78 is 5.58. The first-order valence-electron chi connectivity index (χ1n) is 4.91. The second-order valence-corrected chi connectivity index (χ2v) is 3.95. The van der Waals surface area contributed by atoms with Gasteiger partial charge in [0.1, 0.15) is 0 Å². The van der Waals surface area contributed by atoms with Gasteiger partial charge in [0, 0.05) is 7.11 Å². The summed E-state index contributed by atoms with van der Waals surface area (Å²) in [4.78, 5) is 0. The van der Waals surface area contributed by atoms with Crippen LogP contribution in [0.4, 0.5) is 0 Å². The number of allylic oxidation sites excluding steroid dienone is 1. The zero-order valence-corrected chi connectivity index (χ0v) is 8.47. The van der Waals surface area contributed by atoms with E-state index < -0.39 is 0 Å². The third-order valence-corrected chi connectivity index (χ3v) is 3.00. The van der Waals surface area contributed by atoms with E-state index in [1.54, 1.807) is 0 Å². The summed E-state index contributed by atoms with van der Waals surface area (Å²) in [6.07, 6.45) is 9.32. The quantitative estimate of drug-likeness (QED) is 0.575. The Morgan fingerprint density at radius 2 is 1.92 bits per heavy atom. The van der Waals surface area contributed by atoms with Crippen LogP contribution in [-0.2, 0) is 4.74 Å². The van der Waals surface area contributed by atoms with Gasteiger partial charge in [-0.15, -0.1) is 0 Å². The lowest BCUT2D eigenvalue weighted by atomic mass is 9.79. The molecule has 0 saturated heterocycles. The van der Waals surface area contributed by atoms with Crippen LogP contribution in [0, 0.1) is 5.92 Å². The fraction of sp³-hybridized carbons (Fsp3) is 0.818. The van der Waals surface area contributed by atoms with Crippen LogP contribution in [0.2, 0.25) is 0 Å². The smallest absolute Gasteiger partial charge is 0.0858 e. The van der Waals surface area contributed by atoms with Gasteiger partial charge in [0.25, 0.3) is 0 Å². The molecule has 1 fully saturated rings. The van der Waals surface area contributed by atoms with Crippen LogP contribution in [0.3, 0.4) is 0 Å². The average Bonchev–Trinajstić information content (AvgIpc) is 2.10. The lowest BCUT2D eigenvalue weighted by Crippen LogP contribution is -2.33. The molecule has 1 aliphatic carbocycles. The molecule has 0 radical (unpaired) electrons. The summed E-state index contributed by atoms with van der Waals surface area (Å²) in [6.45, 7) is 4.40. The molecule has 0 heterocycles. The fourth-order valence-electron chi connectivity index (χ4n) is 1.99. The normalized spacial score (nSPS) is 37.4. The van der Waals surface area contributed by atoms with E-state index in [9.17, 15) is 0 Å². The third kappa shape index (κ3) is 2.10. The number of hydrogen-bond donors (Lipinski definition) is 0. The molecule has 0 atom stereocenters. The molecule has 0 spiro atoms. The second-order valence-electron chi connectivity index (χ2n) is 3.95. The van der Waals surface area contributed by atoms with Crippen molar-refractivity contribution in [3.8, 4) is 0 Å². The molecule has 0 amide bonds. The Morgan fingerprint density at radius 1 is 1.33 bits per heavy atom. The molecule has 1 heteroatoms. The van der Waals surface area contributed by atoms with Gasteiger partial charge < -0.3 is 4.74 Å². The Balaban J connectivity index is 2.57. The van der Waals surface area contributed by atoms with Crippen LogP contribution in [0.25, 0.3) is 0 Å². The summed E-state index contributed by atoms with van der Waals surface area (Å²) in [5.41, 5.74) is 0.0707. The van der Waals surface area contributed by atoms with Gasteiger partial charge in [-0.25, -0.2) is 0 Å². The van der Waals surface area contributed by atoms with Crippen molar-refractivity contribution in [3.63, 3.8) is 0 Å². The predicted octanol–water partition coefficient (Wildman–Crippen LogP) is 3.16. The molecule has 1 saturated carbocycles. The maximum Gasteiger partial charge on any atom is 0.0858 e. The van der Waals surface area contributed by atoms with Gasteiger partial charge >= 0.3 is 0 Å². The van der Waals surface area contributed by atoms with Crippen molar-refractivity contribution in [3.05, 3.63) is 12.2 Å². The van der Waals surface area contributed by atoms with Crippen molar-refractivity contribution in [2.24, 2.45) is 5.92 Å². The van der Waals surface area contributed by atoms with E-state index in [1.807, 2.05) is 7.11 Å². The Bertz CT molecular complexity index is 152. The highest BCUT2D eigenvalue weighted by Gasteiger charge is 2.30. The largest absolute Gasteiger partial charge is 0.374 e. The minimum absolute atomic E-state index is 0.0707. The lowest BCUT2D eigenvalue weighted by molar-refractivity contribution is -0.00767. The fourth-order valence-corrected chi connectivity index (χ4v) is 1.99. The SMILES string of the molecule is CC=CC1(OC)CCC(C)CC1. The average molecular weight is 168 g/mol. The molecule has 0 aromatic rings. The predicted molar refractivity (Wildman–Crippen MR) is 52.2 cm³/mol. The standard InChI is InChI=1S/C11H20O/c1-4-7-11(12-3)8-5-10(2)6-9-11/h4,7,10H,5-6,8-9H2,1-3H3. The Hall–Kier alpha value is -0.300. The highest BCUT2D eigenvalue weighted by atomic mass is 16.5. The molecule has 12 heavy (non-hydrogen) atoms. The van der Waals surface area contributed by atoms with Gasteiger partial charge in [0.2, 0.25) is 0 Å². The van der Waals surface area contributed by atoms with Crippen LogP contribution in [0.15, 0.2) is 12.2 Å². The molecule has 0 unspecified atom stereocenters. The zero-order chi connectivity index (χ0) is 9.03. The van der Waals surface area contributed by atoms with E-state index >= 15 is 0 Å². The van der Waals surface area contributed by atoms with E-state index in [2.05, 4.69) is 26.0 Å². The monoisotopic (exact) mass is 168 g/mol. The molecule has 0 N–H and O–H groups in total. The number of methoxy groups -OCH3 is 1. The van der Waals surface area contributed by atoms with Crippen molar-refractivity contribution >= 4 is 0 Å². The molecule has 1 nitrogen and oxygen atoms in total. The number of hydrogen-bond acceptors (Lipinski definition) is 1. The first-order valence-corrected chi connectivity index (χ1v) is 4.91. The van der Waals surface area contributed by atoms with Crippen molar-refractivity contribution in [2.45, 2.75) is 45.1 Å².